The van der Waals surface area contributed by atoms with Gasteiger partial charge in [-0.05, 0) is 48.9 Å². The predicted octanol–water partition coefficient (Wildman–Crippen LogP) is -0.493. The smallest absolute Gasteiger partial charge is 0.357 e. The Morgan fingerprint density at radius 2 is 1.02 bits per heavy atom. The SMILES string of the molecule is C[C@@H]1C[C@@H]2OC(=O)[C@@]3(Oc4ccc(-c5ccc6c(c5O)C(=O)[C@]5(O)[C@H]7C[C@@H](C)[C@@H](O)[C@]5(O6)C(=O)O7)c(O)c4C(=O)[C@]23O)[C@@H]1O. The number of fused-ring (bicyclic) bond motifs is 2. The topological polar surface area (TPSA) is 227 Å². The van der Waals surface area contributed by atoms with E-state index in [-0.39, 0.29) is 35.5 Å². The maximum Gasteiger partial charge on any atom is 0.357 e. The number of phenols is 2. The summed E-state index contributed by atoms with van der Waals surface area (Å²) >= 11 is 0. The number of hydrogen-bond donors (Lipinski definition) is 6. The van der Waals surface area contributed by atoms with E-state index in [9.17, 15) is 49.8 Å². The summed E-state index contributed by atoms with van der Waals surface area (Å²) in [7, 11) is 0. The Morgan fingerprint density at radius 3 is 1.39 bits per heavy atom. The quantitative estimate of drug-likeness (QED) is 0.224. The molecule has 2 aromatic carbocycles. The van der Waals surface area contributed by atoms with Crippen molar-refractivity contribution in [1.82, 2.24) is 0 Å². The van der Waals surface area contributed by atoms with E-state index in [1.807, 2.05) is 0 Å². The molecule has 2 saturated carbocycles. The van der Waals surface area contributed by atoms with Crippen LogP contribution >= 0.6 is 0 Å². The van der Waals surface area contributed by atoms with Gasteiger partial charge in [0.05, 0.1) is 0 Å². The van der Waals surface area contributed by atoms with Gasteiger partial charge in [0.15, 0.2) is 0 Å². The maximum absolute atomic E-state index is 13.9. The molecule has 4 heterocycles. The van der Waals surface area contributed by atoms with Crippen LogP contribution in [0.1, 0.15) is 47.4 Å². The molecule has 8 rings (SSSR count). The molecule has 0 radical (unpaired) electrons. The molecular formula is C30H26O14. The number of carbonyl (C=O) groups is 4. The summed E-state index contributed by atoms with van der Waals surface area (Å²) in [5, 5.41) is 68.0. The van der Waals surface area contributed by atoms with Crippen molar-refractivity contribution in [2.45, 2.75) is 73.5 Å². The molecule has 14 heteroatoms. The van der Waals surface area contributed by atoms with Gasteiger partial charge in [0.2, 0.25) is 22.8 Å². The van der Waals surface area contributed by atoms with Crippen LogP contribution in [-0.4, -0.2) is 101 Å². The third kappa shape index (κ3) is 2.54. The number of hydrogen-bond acceptors (Lipinski definition) is 14. The predicted molar refractivity (Wildman–Crippen MR) is 140 cm³/mol. The Balaban J connectivity index is 1.27. The molecule has 2 saturated heterocycles. The Hall–Kier alpha value is -4.24. The first-order chi connectivity index (χ1) is 20.7. The van der Waals surface area contributed by atoms with Crippen LogP contribution in [-0.2, 0) is 19.1 Å². The lowest BCUT2D eigenvalue weighted by Gasteiger charge is -2.50. The lowest BCUT2D eigenvalue weighted by Crippen LogP contribution is -2.76. The van der Waals surface area contributed by atoms with Gasteiger partial charge in [-0.3, -0.25) is 9.59 Å². The molecule has 4 bridgehead atoms. The van der Waals surface area contributed by atoms with Crippen LogP contribution in [0.15, 0.2) is 24.3 Å². The molecule has 6 aliphatic rings. The first kappa shape index (κ1) is 27.3. The molecule has 4 aliphatic heterocycles. The second kappa shape index (κ2) is 7.88. The van der Waals surface area contributed by atoms with Crippen LogP contribution in [0, 0.1) is 11.8 Å². The zero-order valence-electron chi connectivity index (χ0n) is 23.1. The minimum atomic E-state index is -2.68. The summed E-state index contributed by atoms with van der Waals surface area (Å²) in [5.74, 6) is -7.95. The molecule has 2 aromatic rings. The fourth-order valence-electron chi connectivity index (χ4n) is 8.16. The first-order valence-electron chi connectivity index (χ1n) is 14.1. The molecule has 6 N–H and O–H groups in total. The van der Waals surface area contributed by atoms with Crippen LogP contribution < -0.4 is 9.47 Å². The fraction of sp³-hybridized carbons (Fsp3) is 0.467. The molecule has 14 nitrogen and oxygen atoms in total. The standard InChI is InChI=1S/C30H26O14/c1-9-7-15-27(39)23(35)17-13(43-29(27,21(9)33)25(37)41-15)5-3-11(19(17)31)12-4-6-14-18(20(12)32)24(36)28(40)16-8-10(2)22(34)30(28,44-14)26(38)42-16/h3-6,9-10,15-16,21-22,31-34,39-40H,7-8H2,1-2H3/t9-,10-,15-,16+,21-,22-,27-,28-,29+,30+/m1/s1. The van der Waals surface area contributed by atoms with Gasteiger partial charge in [0, 0.05) is 11.1 Å². The number of ether oxygens (including phenoxy) is 4. The van der Waals surface area contributed by atoms with Crippen LogP contribution in [0.25, 0.3) is 11.1 Å². The molecule has 0 unspecified atom stereocenters. The van der Waals surface area contributed by atoms with Gasteiger partial charge < -0.3 is 49.6 Å². The Kier molecular flexibility index (Phi) is 4.89. The van der Waals surface area contributed by atoms with E-state index >= 15 is 0 Å². The highest BCUT2D eigenvalue weighted by atomic mass is 16.6. The fourth-order valence-corrected chi connectivity index (χ4v) is 8.16. The molecule has 10 atom stereocenters. The van der Waals surface area contributed by atoms with Gasteiger partial charge in [-0.15, -0.1) is 0 Å². The van der Waals surface area contributed by atoms with E-state index in [1.165, 1.54) is 24.3 Å². The monoisotopic (exact) mass is 610 g/mol. The summed E-state index contributed by atoms with van der Waals surface area (Å²) in [6, 6.07) is 4.81. The molecular weight excluding hydrogens is 584 g/mol. The van der Waals surface area contributed by atoms with E-state index in [0.29, 0.717) is 0 Å². The number of aliphatic hydroxyl groups is 4. The largest absolute Gasteiger partial charge is 0.506 e. The zero-order chi connectivity index (χ0) is 31.5. The van der Waals surface area contributed by atoms with Crippen molar-refractivity contribution in [2.24, 2.45) is 11.8 Å². The average molecular weight is 611 g/mol. The van der Waals surface area contributed by atoms with Gasteiger partial charge in [-0.25, -0.2) is 9.59 Å². The van der Waals surface area contributed by atoms with Crippen molar-refractivity contribution in [3.05, 3.63) is 35.4 Å². The zero-order valence-corrected chi connectivity index (χ0v) is 23.1. The van der Waals surface area contributed by atoms with Gasteiger partial charge in [-0.1, -0.05) is 13.8 Å². The Labute approximate surface area is 247 Å². The summed E-state index contributed by atoms with van der Waals surface area (Å²) in [4.78, 5) is 53.6. The summed E-state index contributed by atoms with van der Waals surface area (Å²) < 4.78 is 22.2. The lowest BCUT2D eigenvalue weighted by molar-refractivity contribution is -0.192. The second-order valence-corrected chi connectivity index (χ2v) is 12.6. The van der Waals surface area contributed by atoms with E-state index in [4.69, 9.17) is 18.9 Å². The number of aromatic hydroxyl groups is 2. The lowest BCUT2D eigenvalue weighted by atomic mass is 9.62. The van der Waals surface area contributed by atoms with E-state index in [0.717, 1.165) is 0 Å². The molecule has 0 spiro atoms. The molecule has 4 fully saturated rings. The van der Waals surface area contributed by atoms with Gasteiger partial charge in [0.25, 0.3) is 11.2 Å². The maximum atomic E-state index is 13.9. The number of esters is 2. The van der Waals surface area contributed by atoms with Gasteiger partial charge in [-0.2, -0.15) is 0 Å². The minimum absolute atomic E-state index is 0.0607. The molecule has 0 amide bonds. The normalized spacial score (nSPS) is 42.7. The van der Waals surface area contributed by atoms with E-state index in [2.05, 4.69) is 0 Å². The van der Waals surface area contributed by atoms with E-state index < -0.39 is 105 Å². The van der Waals surface area contributed by atoms with Crippen LogP contribution in [0.3, 0.4) is 0 Å². The van der Waals surface area contributed by atoms with Crippen LogP contribution in [0.5, 0.6) is 23.0 Å². The second-order valence-electron chi connectivity index (χ2n) is 12.6. The number of carbonyl (C=O) groups excluding carboxylic acids is 4. The van der Waals surface area contributed by atoms with Gasteiger partial charge >= 0.3 is 11.9 Å². The van der Waals surface area contributed by atoms with Crippen LogP contribution in [0.2, 0.25) is 0 Å². The van der Waals surface area contributed by atoms with Crippen molar-refractivity contribution >= 4 is 23.5 Å². The van der Waals surface area contributed by atoms with Gasteiger partial charge in [0.1, 0.15) is 58.5 Å². The molecule has 44 heavy (non-hydrogen) atoms. The van der Waals surface area contributed by atoms with Crippen LogP contribution in [0.4, 0.5) is 0 Å². The summed E-state index contributed by atoms with van der Waals surface area (Å²) in [5.41, 5.74) is -11.8. The molecule has 0 aromatic heterocycles. The number of Topliss-reactive ketones (excluding diaryl/α,β-unsaturated/α-hetero) is 2. The Bertz CT molecular complexity index is 1640. The van der Waals surface area contributed by atoms with Crippen molar-refractivity contribution in [2.75, 3.05) is 0 Å². The third-order valence-corrected chi connectivity index (χ3v) is 10.5. The van der Waals surface area contributed by atoms with Crippen molar-refractivity contribution in [3.63, 3.8) is 0 Å². The number of rotatable bonds is 1. The highest BCUT2D eigenvalue weighted by molar-refractivity contribution is 6.17. The first-order valence-corrected chi connectivity index (χ1v) is 14.1. The van der Waals surface area contributed by atoms with Crippen molar-refractivity contribution in [1.29, 1.82) is 0 Å². The summed E-state index contributed by atoms with van der Waals surface area (Å²) in [6.07, 6.45) is -6.09. The number of benzene rings is 2. The van der Waals surface area contributed by atoms with E-state index in [1.54, 1.807) is 13.8 Å². The Morgan fingerprint density at radius 1 is 0.659 bits per heavy atom. The molecule has 2 aliphatic carbocycles. The number of aliphatic hydroxyl groups excluding tert-OH is 2. The highest BCUT2D eigenvalue weighted by Gasteiger charge is 2.83. The van der Waals surface area contributed by atoms with Crippen molar-refractivity contribution < 1.29 is 68.8 Å². The average Bonchev–Trinajstić information content (AvgIpc) is 3.24. The highest BCUT2D eigenvalue weighted by Crippen LogP contribution is 2.60. The number of ketones is 2. The summed E-state index contributed by atoms with van der Waals surface area (Å²) in [6.45, 7) is 3.21. The number of phenolic OH excluding ortho intramolecular Hbond substituents is 2. The minimum Gasteiger partial charge on any atom is -0.506 e. The third-order valence-electron chi connectivity index (χ3n) is 10.5. The van der Waals surface area contributed by atoms with Crippen molar-refractivity contribution in [3.8, 4) is 34.1 Å². The molecule has 230 valence electrons.